The summed E-state index contributed by atoms with van der Waals surface area (Å²) in [4.78, 5) is 26.5. The summed E-state index contributed by atoms with van der Waals surface area (Å²) < 4.78 is 4.99. The van der Waals surface area contributed by atoms with Crippen molar-refractivity contribution in [2.24, 2.45) is 0 Å². The lowest BCUT2D eigenvalue weighted by Gasteiger charge is -2.22. The van der Waals surface area contributed by atoms with Gasteiger partial charge in [0.05, 0.1) is 12.2 Å². The number of rotatable bonds is 7. The maximum atomic E-state index is 13.1. The van der Waals surface area contributed by atoms with Crippen LogP contribution < -0.4 is 10.2 Å². The summed E-state index contributed by atoms with van der Waals surface area (Å²) >= 11 is 0. The number of hydrogen-bond donors (Lipinski definition) is 1. The minimum atomic E-state index is -0.382. The Balaban J connectivity index is 1.74. The summed E-state index contributed by atoms with van der Waals surface area (Å²) in [6.07, 6.45) is 3.95. The molecule has 5 heteroatoms. The molecule has 0 atom stereocenters. The molecule has 31 heavy (non-hydrogen) atoms. The Morgan fingerprint density at radius 1 is 0.935 bits per heavy atom. The van der Waals surface area contributed by atoms with E-state index in [1.165, 1.54) is 0 Å². The molecule has 3 aromatic carbocycles. The Bertz CT molecular complexity index is 1030. The number of urea groups is 1. The van der Waals surface area contributed by atoms with Gasteiger partial charge in [0.25, 0.3) is 0 Å². The highest BCUT2D eigenvalue weighted by atomic mass is 16.5. The first-order valence-electron chi connectivity index (χ1n) is 10.2. The number of hydrogen-bond acceptors (Lipinski definition) is 3. The van der Waals surface area contributed by atoms with Crippen molar-refractivity contribution in [3.63, 3.8) is 0 Å². The number of nitrogens with one attached hydrogen (secondary N) is 1. The van der Waals surface area contributed by atoms with Crippen molar-refractivity contribution in [3.05, 3.63) is 102 Å². The summed E-state index contributed by atoms with van der Waals surface area (Å²) in [5.41, 5.74) is 4.03. The van der Waals surface area contributed by atoms with Crippen LogP contribution in [0.25, 0.3) is 6.08 Å². The molecule has 0 aliphatic rings. The first-order valence-corrected chi connectivity index (χ1v) is 10.2. The molecule has 0 aromatic heterocycles. The summed E-state index contributed by atoms with van der Waals surface area (Å²) in [5, 5.41) is 2.90. The van der Waals surface area contributed by atoms with Crippen LogP contribution in [0.15, 0.2) is 84.9 Å². The zero-order valence-corrected chi connectivity index (χ0v) is 17.7. The molecule has 5 nitrogen and oxygen atoms in total. The molecule has 0 aliphatic carbocycles. The monoisotopic (exact) mass is 414 g/mol. The predicted octanol–water partition coefficient (Wildman–Crippen LogP) is 5.92. The van der Waals surface area contributed by atoms with Gasteiger partial charge in [-0.1, -0.05) is 60.2 Å². The maximum absolute atomic E-state index is 13.1. The SMILES string of the molecule is CCOC(=O)c1ccc(NC(=O)N(CC=Cc2ccccc2)c2ccc(C)cc2)cc1. The van der Waals surface area contributed by atoms with Gasteiger partial charge in [-0.25, -0.2) is 9.59 Å². The van der Waals surface area contributed by atoms with Crippen LogP contribution >= 0.6 is 0 Å². The van der Waals surface area contributed by atoms with Crippen molar-refractivity contribution >= 4 is 29.5 Å². The highest BCUT2D eigenvalue weighted by molar-refractivity contribution is 6.02. The van der Waals surface area contributed by atoms with Gasteiger partial charge in [0.1, 0.15) is 0 Å². The number of aryl methyl sites for hydroxylation is 1. The molecule has 0 saturated carbocycles. The van der Waals surface area contributed by atoms with Crippen LogP contribution in [0.4, 0.5) is 16.2 Å². The highest BCUT2D eigenvalue weighted by Crippen LogP contribution is 2.18. The predicted molar refractivity (Wildman–Crippen MR) is 125 cm³/mol. The van der Waals surface area contributed by atoms with Crippen LogP contribution in [0.1, 0.15) is 28.4 Å². The lowest BCUT2D eigenvalue weighted by atomic mass is 10.2. The average molecular weight is 415 g/mol. The van der Waals surface area contributed by atoms with Crippen molar-refractivity contribution in [3.8, 4) is 0 Å². The van der Waals surface area contributed by atoms with Gasteiger partial charge in [-0.05, 0) is 55.8 Å². The van der Waals surface area contributed by atoms with Crippen molar-refractivity contribution in [2.45, 2.75) is 13.8 Å². The van der Waals surface area contributed by atoms with E-state index in [0.29, 0.717) is 24.4 Å². The molecular formula is C26H26N2O3. The standard InChI is InChI=1S/C26H26N2O3/c1-3-31-25(29)22-13-15-23(16-14-22)27-26(30)28(24-17-11-20(2)12-18-24)19-7-10-21-8-5-4-6-9-21/h4-18H,3,19H2,1-2H3,(H,27,30). The first-order chi connectivity index (χ1) is 15.1. The van der Waals surface area contributed by atoms with Gasteiger partial charge in [-0.15, -0.1) is 0 Å². The van der Waals surface area contributed by atoms with Crippen molar-refractivity contribution in [1.82, 2.24) is 0 Å². The summed E-state index contributed by atoms with van der Waals surface area (Å²) in [6, 6.07) is 24.2. The van der Waals surface area contributed by atoms with E-state index in [4.69, 9.17) is 4.74 Å². The van der Waals surface area contributed by atoms with E-state index in [2.05, 4.69) is 5.32 Å². The van der Waals surface area contributed by atoms with E-state index in [1.54, 1.807) is 36.1 Å². The minimum Gasteiger partial charge on any atom is -0.462 e. The summed E-state index contributed by atoms with van der Waals surface area (Å²) in [6.45, 7) is 4.50. The fourth-order valence-corrected chi connectivity index (χ4v) is 2.98. The van der Waals surface area contributed by atoms with Gasteiger partial charge in [0.15, 0.2) is 0 Å². The molecule has 0 radical (unpaired) electrons. The fraction of sp³-hybridized carbons (Fsp3) is 0.154. The second-order valence-electron chi connectivity index (χ2n) is 6.99. The Morgan fingerprint density at radius 2 is 1.61 bits per heavy atom. The normalized spacial score (nSPS) is 10.6. The van der Waals surface area contributed by atoms with Gasteiger partial charge < -0.3 is 10.1 Å². The summed E-state index contributed by atoms with van der Waals surface area (Å²) in [7, 11) is 0. The molecule has 0 spiro atoms. The second kappa shape index (κ2) is 10.8. The Labute approximate surface area is 183 Å². The lowest BCUT2D eigenvalue weighted by molar-refractivity contribution is 0.0526. The number of ether oxygens (including phenoxy) is 1. The van der Waals surface area contributed by atoms with Gasteiger partial charge in [0, 0.05) is 17.9 Å². The molecule has 0 bridgehead atoms. The van der Waals surface area contributed by atoms with E-state index < -0.39 is 0 Å². The molecule has 3 rings (SSSR count). The molecule has 0 saturated heterocycles. The van der Waals surface area contributed by atoms with Crippen LogP contribution in [0.2, 0.25) is 0 Å². The Hall–Kier alpha value is -3.86. The number of benzene rings is 3. The maximum Gasteiger partial charge on any atom is 0.338 e. The van der Waals surface area contributed by atoms with Crippen LogP contribution in [-0.2, 0) is 4.74 Å². The third-order valence-electron chi connectivity index (χ3n) is 4.64. The largest absolute Gasteiger partial charge is 0.462 e. The quantitative estimate of drug-likeness (QED) is 0.488. The highest BCUT2D eigenvalue weighted by Gasteiger charge is 2.15. The molecule has 0 aliphatic heterocycles. The molecule has 158 valence electrons. The number of amides is 2. The van der Waals surface area contributed by atoms with Crippen molar-refractivity contribution in [1.29, 1.82) is 0 Å². The zero-order valence-electron chi connectivity index (χ0n) is 17.7. The van der Waals surface area contributed by atoms with Crippen LogP contribution in [-0.4, -0.2) is 25.2 Å². The minimum absolute atomic E-state index is 0.259. The van der Waals surface area contributed by atoms with Crippen LogP contribution in [0.3, 0.4) is 0 Å². The lowest BCUT2D eigenvalue weighted by Crippen LogP contribution is -2.35. The molecular weight excluding hydrogens is 388 g/mol. The topological polar surface area (TPSA) is 58.6 Å². The van der Waals surface area contributed by atoms with E-state index in [0.717, 1.165) is 16.8 Å². The number of anilines is 2. The van der Waals surface area contributed by atoms with Gasteiger partial charge in [0.2, 0.25) is 0 Å². The Morgan fingerprint density at radius 3 is 2.26 bits per heavy atom. The van der Waals surface area contributed by atoms with Crippen molar-refractivity contribution in [2.75, 3.05) is 23.4 Å². The molecule has 2 amide bonds. The third-order valence-corrected chi connectivity index (χ3v) is 4.64. The molecule has 0 unspecified atom stereocenters. The van der Waals surface area contributed by atoms with Gasteiger partial charge >= 0.3 is 12.0 Å². The number of nitrogens with zero attached hydrogens (tertiary/aromatic N) is 1. The second-order valence-corrected chi connectivity index (χ2v) is 6.99. The fourth-order valence-electron chi connectivity index (χ4n) is 2.98. The Kier molecular flexibility index (Phi) is 7.60. The van der Waals surface area contributed by atoms with E-state index >= 15 is 0 Å². The molecule has 1 N–H and O–H groups in total. The van der Waals surface area contributed by atoms with Gasteiger partial charge in [-0.3, -0.25) is 4.90 Å². The van der Waals surface area contributed by atoms with Crippen molar-refractivity contribution < 1.29 is 14.3 Å². The molecule has 0 fully saturated rings. The van der Waals surface area contributed by atoms with E-state index in [-0.39, 0.29) is 12.0 Å². The number of esters is 1. The van der Waals surface area contributed by atoms with E-state index in [1.807, 2.05) is 73.7 Å². The summed E-state index contributed by atoms with van der Waals surface area (Å²) in [5.74, 6) is -0.382. The molecule has 0 heterocycles. The zero-order chi connectivity index (χ0) is 22.1. The average Bonchev–Trinajstić information content (AvgIpc) is 2.79. The number of carbonyl (C=O) groups excluding carboxylic acids is 2. The molecule has 3 aromatic rings. The third kappa shape index (κ3) is 6.31. The van der Waals surface area contributed by atoms with Crippen LogP contribution in [0.5, 0.6) is 0 Å². The van der Waals surface area contributed by atoms with E-state index in [9.17, 15) is 9.59 Å². The van der Waals surface area contributed by atoms with Crippen LogP contribution in [0, 0.1) is 6.92 Å². The number of carbonyl (C=O) groups is 2. The van der Waals surface area contributed by atoms with Gasteiger partial charge in [-0.2, -0.15) is 0 Å². The smallest absolute Gasteiger partial charge is 0.338 e. The first kappa shape index (κ1) is 21.8.